The van der Waals surface area contributed by atoms with Crippen molar-refractivity contribution in [3.8, 4) is 11.6 Å². The summed E-state index contributed by atoms with van der Waals surface area (Å²) in [6.07, 6.45) is 4.64. The maximum Gasteiger partial charge on any atom is 0.442 e. The second kappa shape index (κ2) is 6.56. The molecule has 0 radical (unpaired) electrons. The standard InChI is InChI=1S/C20H19N5O3/c1-20(2)14-7-4-5-8-15(14)24(3)16(20)11-13(26)12-25-18(23-28-19(25)27)17-21-9-6-10-22-17/h4-11H,12H2,1-3H3/b16-11-. The smallest absolute Gasteiger partial charge is 0.347 e. The predicted octanol–water partition coefficient (Wildman–Crippen LogP) is 2.17. The van der Waals surface area contributed by atoms with Crippen LogP contribution in [-0.4, -0.2) is 32.5 Å². The molecule has 2 aromatic heterocycles. The maximum atomic E-state index is 12.8. The van der Waals surface area contributed by atoms with Crippen molar-refractivity contribution in [3.05, 3.63) is 70.6 Å². The number of likely N-dealkylation sites (N-methyl/N-ethyl adjacent to an activating group) is 1. The Morgan fingerprint density at radius 3 is 2.61 bits per heavy atom. The van der Waals surface area contributed by atoms with E-state index in [1.54, 1.807) is 12.1 Å². The SMILES string of the molecule is CN1/C(=C\C(=O)Cn2c(-c3ncccn3)noc2=O)C(C)(C)c2ccccc21. The Morgan fingerprint density at radius 2 is 1.89 bits per heavy atom. The zero-order valence-electron chi connectivity index (χ0n) is 15.8. The lowest BCUT2D eigenvalue weighted by Gasteiger charge is -2.23. The Kier molecular flexibility index (Phi) is 4.18. The number of ketones is 1. The maximum absolute atomic E-state index is 12.8. The number of carbonyl (C=O) groups is 1. The van der Waals surface area contributed by atoms with Crippen molar-refractivity contribution >= 4 is 11.5 Å². The molecule has 3 heterocycles. The molecule has 28 heavy (non-hydrogen) atoms. The van der Waals surface area contributed by atoms with Crippen LogP contribution in [0.3, 0.4) is 0 Å². The van der Waals surface area contributed by atoms with E-state index in [4.69, 9.17) is 4.52 Å². The first-order chi connectivity index (χ1) is 13.4. The molecule has 8 heteroatoms. The van der Waals surface area contributed by atoms with Crippen LogP contribution in [0.1, 0.15) is 19.4 Å². The lowest BCUT2D eigenvalue weighted by Crippen LogP contribution is -2.26. The van der Waals surface area contributed by atoms with Crippen molar-refractivity contribution < 1.29 is 9.32 Å². The average Bonchev–Trinajstić information content (AvgIpc) is 3.14. The highest BCUT2D eigenvalue weighted by Gasteiger charge is 2.38. The van der Waals surface area contributed by atoms with Gasteiger partial charge in [0.1, 0.15) is 0 Å². The lowest BCUT2D eigenvalue weighted by atomic mass is 9.83. The monoisotopic (exact) mass is 377 g/mol. The fourth-order valence-corrected chi connectivity index (χ4v) is 3.60. The van der Waals surface area contributed by atoms with Crippen molar-refractivity contribution in [1.82, 2.24) is 19.7 Å². The molecular formula is C20H19N5O3. The van der Waals surface area contributed by atoms with E-state index in [1.807, 2.05) is 30.1 Å². The minimum absolute atomic E-state index is 0.125. The molecule has 0 saturated carbocycles. The van der Waals surface area contributed by atoms with Gasteiger partial charge in [-0.1, -0.05) is 37.2 Å². The number of rotatable bonds is 4. The van der Waals surface area contributed by atoms with Gasteiger partial charge in [-0.3, -0.25) is 9.32 Å². The summed E-state index contributed by atoms with van der Waals surface area (Å²) in [6.45, 7) is 3.94. The fourth-order valence-electron chi connectivity index (χ4n) is 3.60. The molecule has 0 unspecified atom stereocenters. The molecule has 0 spiro atoms. The van der Waals surface area contributed by atoms with Crippen LogP contribution in [-0.2, 0) is 16.8 Å². The molecule has 1 aliphatic heterocycles. The molecule has 1 aliphatic rings. The molecule has 0 bridgehead atoms. The predicted molar refractivity (Wildman–Crippen MR) is 103 cm³/mol. The number of aromatic nitrogens is 4. The van der Waals surface area contributed by atoms with Gasteiger partial charge < -0.3 is 4.90 Å². The number of anilines is 1. The zero-order valence-corrected chi connectivity index (χ0v) is 15.8. The van der Waals surface area contributed by atoms with Gasteiger partial charge in [-0.25, -0.2) is 19.3 Å². The summed E-state index contributed by atoms with van der Waals surface area (Å²) >= 11 is 0. The van der Waals surface area contributed by atoms with Crippen LogP contribution in [0.25, 0.3) is 11.6 Å². The van der Waals surface area contributed by atoms with E-state index >= 15 is 0 Å². The van der Waals surface area contributed by atoms with E-state index in [2.05, 4.69) is 35.0 Å². The Balaban J connectivity index is 1.67. The summed E-state index contributed by atoms with van der Waals surface area (Å²) in [5.74, 6) is -0.624. The third-order valence-corrected chi connectivity index (χ3v) is 5.00. The lowest BCUT2D eigenvalue weighted by molar-refractivity contribution is -0.115. The summed E-state index contributed by atoms with van der Waals surface area (Å²) in [4.78, 5) is 35.0. The van der Waals surface area contributed by atoms with E-state index < -0.39 is 5.76 Å². The number of allylic oxidation sites excluding steroid dienone is 2. The third-order valence-electron chi connectivity index (χ3n) is 5.00. The van der Waals surface area contributed by atoms with Crippen molar-refractivity contribution in [2.75, 3.05) is 11.9 Å². The quantitative estimate of drug-likeness (QED) is 0.643. The van der Waals surface area contributed by atoms with Gasteiger partial charge in [-0.2, -0.15) is 0 Å². The second-order valence-electron chi connectivity index (χ2n) is 7.13. The van der Waals surface area contributed by atoms with Crippen LogP contribution in [0.5, 0.6) is 0 Å². The van der Waals surface area contributed by atoms with Gasteiger partial charge in [0, 0.05) is 42.3 Å². The van der Waals surface area contributed by atoms with Gasteiger partial charge in [0.15, 0.2) is 11.6 Å². The van der Waals surface area contributed by atoms with Crippen LogP contribution in [0.15, 0.2) is 63.8 Å². The minimum Gasteiger partial charge on any atom is -0.347 e. The zero-order chi connectivity index (χ0) is 19.9. The molecule has 1 aromatic carbocycles. The van der Waals surface area contributed by atoms with Crippen molar-refractivity contribution in [3.63, 3.8) is 0 Å². The highest BCUT2D eigenvalue weighted by Crippen LogP contribution is 2.46. The van der Waals surface area contributed by atoms with E-state index in [9.17, 15) is 9.59 Å². The molecule has 0 atom stereocenters. The molecule has 0 amide bonds. The van der Waals surface area contributed by atoms with Crippen LogP contribution in [0.4, 0.5) is 5.69 Å². The number of hydrogen-bond donors (Lipinski definition) is 0. The molecule has 0 N–H and O–H groups in total. The topological polar surface area (TPSA) is 94.1 Å². The molecule has 0 saturated heterocycles. The molecule has 4 rings (SSSR count). The van der Waals surface area contributed by atoms with E-state index in [1.165, 1.54) is 12.4 Å². The first-order valence-electron chi connectivity index (χ1n) is 8.81. The molecule has 142 valence electrons. The van der Waals surface area contributed by atoms with E-state index in [0.29, 0.717) is 0 Å². The Labute approximate surface area is 161 Å². The highest BCUT2D eigenvalue weighted by atomic mass is 16.5. The molecule has 0 fully saturated rings. The number of hydrogen-bond acceptors (Lipinski definition) is 7. The van der Waals surface area contributed by atoms with Crippen LogP contribution < -0.4 is 10.7 Å². The summed E-state index contributed by atoms with van der Waals surface area (Å²) in [5, 5.41) is 3.71. The highest BCUT2D eigenvalue weighted by molar-refractivity contribution is 5.92. The van der Waals surface area contributed by atoms with Crippen LogP contribution in [0, 0.1) is 0 Å². The van der Waals surface area contributed by atoms with Gasteiger partial charge in [0.05, 0.1) is 6.54 Å². The molecule has 8 nitrogen and oxygen atoms in total. The van der Waals surface area contributed by atoms with E-state index in [-0.39, 0.29) is 29.4 Å². The fraction of sp³-hybridized carbons (Fsp3) is 0.250. The molecular weight excluding hydrogens is 358 g/mol. The Bertz CT molecular complexity index is 1130. The van der Waals surface area contributed by atoms with Crippen LogP contribution >= 0.6 is 0 Å². The Hall–Kier alpha value is -3.55. The average molecular weight is 377 g/mol. The largest absolute Gasteiger partial charge is 0.442 e. The number of para-hydroxylation sites is 1. The van der Waals surface area contributed by atoms with Crippen molar-refractivity contribution in [2.45, 2.75) is 25.8 Å². The molecule has 3 aromatic rings. The van der Waals surface area contributed by atoms with Gasteiger partial charge in [-0.15, -0.1) is 0 Å². The Morgan fingerprint density at radius 1 is 1.18 bits per heavy atom. The number of nitrogens with zero attached hydrogens (tertiary/aromatic N) is 5. The first kappa shape index (κ1) is 17.8. The first-order valence-corrected chi connectivity index (χ1v) is 8.81. The van der Waals surface area contributed by atoms with Gasteiger partial charge in [-0.05, 0) is 17.7 Å². The number of carbonyl (C=O) groups excluding carboxylic acids is 1. The number of fused-ring (bicyclic) bond motifs is 1. The summed E-state index contributed by atoms with van der Waals surface area (Å²) in [5.41, 5.74) is 2.75. The summed E-state index contributed by atoms with van der Waals surface area (Å²) < 4.78 is 5.87. The summed E-state index contributed by atoms with van der Waals surface area (Å²) in [7, 11) is 1.93. The van der Waals surface area contributed by atoms with Gasteiger partial charge in [0.2, 0.25) is 5.82 Å². The van der Waals surface area contributed by atoms with Crippen LogP contribution in [0.2, 0.25) is 0 Å². The van der Waals surface area contributed by atoms with Gasteiger partial charge in [0.25, 0.3) is 0 Å². The second-order valence-corrected chi connectivity index (χ2v) is 7.13. The minimum atomic E-state index is -0.725. The molecule has 0 aliphatic carbocycles. The van der Waals surface area contributed by atoms with E-state index in [0.717, 1.165) is 21.5 Å². The van der Waals surface area contributed by atoms with Crippen molar-refractivity contribution in [1.29, 1.82) is 0 Å². The summed E-state index contributed by atoms with van der Waals surface area (Å²) in [6, 6.07) is 9.70. The third kappa shape index (κ3) is 2.83. The normalized spacial score (nSPS) is 16.4. The van der Waals surface area contributed by atoms with Gasteiger partial charge >= 0.3 is 5.76 Å². The number of benzene rings is 1. The van der Waals surface area contributed by atoms with Crippen molar-refractivity contribution in [2.24, 2.45) is 0 Å².